The standard InChI is InChI=1S/C9H10F2N2OS/c1-5-7(6(2)14)15-8(12-5)13-3-9(10,11)4-13/h3-4H2,1-2H3. The van der Waals surface area contributed by atoms with Crippen molar-refractivity contribution in [3.63, 3.8) is 0 Å². The van der Waals surface area contributed by atoms with E-state index in [2.05, 4.69) is 4.98 Å². The first-order chi connectivity index (χ1) is 6.89. The van der Waals surface area contributed by atoms with Crippen LogP contribution in [0.15, 0.2) is 0 Å². The molecule has 82 valence electrons. The highest BCUT2D eigenvalue weighted by molar-refractivity contribution is 7.17. The number of aromatic nitrogens is 1. The molecule has 0 amide bonds. The molecule has 0 spiro atoms. The van der Waals surface area contributed by atoms with Crippen molar-refractivity contribution < 1.29 is 13.6 Å². The van der Waals surface area contributed by atoms with Crippen molar-refractivity contribution in [3.8, 4) is 0 Å². The van der Waals surface area contributed by atoms with Gasteiger partial charge in [0.05, 0.1) is 23.7 Å². The Kier molecular flexibility index (Phi) is 2.26. The summed E-state index contributed by atoms with van der Waals surface area (Å²) in [5.74, 6) is -2.67. The molecule has 0 aliphatic carbocycles. The molecule has 3 nitrogen and oxygen atoms in total. The Balaban J connectivity index is 2.18. The van der Waals surface area contributed by atoms with Gasteiger partial charge >= 0.3 is 0 Å². The molecule has 0 aromatic carbocycles. The minimum atomic E-state index is -2.60. The fraction of sp³-hybridized carbons (Fsp3) is 0.556. The van der Waals surface area contributed by atoms with Gasteiger partial charge in [-0.25, -0.2) is 13.8 Å². The molecule has 1 aliphatic heterocycles. The number of rotatable bonds is 2. The van der Waals surface area contributed by atoms with Gasteiger partial charge in [-0.2, -0.15) is 0 Å². The van der Waals surface area contributed by atoms with E-state index >= 15 is 0 Å². The fourth-order valence-corrected chi connectivity index (χ4v) is 2.45. The third-order valence-electron chi connectivity index (χ3n) is 2.22. The van der Waals surface area contributed by atoms with Crippen LogP contribution in [0.3, 0.4) is 0 Å². The quantitative estimate of drug-likeness (QED) is 0.732. The zero-order valence-electron chi connectivity index (χ0n) is 8.38. The molecule has 0 bridgehead atoms. The van der Waals surface area contributed by atoms with Gasteiger partial charge < -0.3 is 4.90 Å². The number of alkyl halides is 2. The van der Waals surface area contributed by atoms with E-state index in [1.165, 1.54) is 23.2 Å². The summed E-state index contributed by atoms with van der Waals surface area (Å²) in [5, 5.41) is 0.517. The van der Waals surface area contributed by atoms with Gasteiger partial charge in [-0.3, -0.25) is 4.79 Å². The third-order valence-corrected chi connectivity index (χ3v) is 3.54. The van der Waals surface area contributed by atoms with Crippen LogP contribution in [-0.2, 0) is 0 Å². The Morgan fingerprint density at radius 3 is 2.53 bits per heavy atom. The van der Waals surface area contributed by atoms with Crippen LogP contribution in [0.2, 0.25) is 0 Å². The number of hydrogen-bond donors (Lipinski definition) is 0. The van der Waals surface area contributed by atoms with Crippen LogP contribution in [0.5, 0.6) is 0 Å². The lowest BCUT2D eigenvalue weighted by atomic mass is 10.2. The van der Waals surface area contributed by atoms with Crippen LogP contribution in [0.1, 0.15) is 22.3 Å². The number of carbonyl (C=O) groups excluding carboxylic acids is 1. The highest BCUT2D eigenvalue weighted by Gasteiger charge is 2.45. The monoisotopic (exact) mass is 232 g/mol. The van der Waals surface area contributed by atoms with Gasteiger partial charge in [0.1, 0.15) is 0 Å². The molecule has 1 aromatic rings. The smallest absolute Gasteiger partial charge is 0.282 e. The van der Waals surface area contributed by atoms with Gasteiger partial charge in [-0.1, -0.05) is 11.3 Å². The van der Waals surface area contributed by atoms with Crippen LogP contribution < -0.4 is 4.90 Å². The van der Waals surface area contributed by atoms with E-state index in [0.29, 0.717) is 15.7 Å². The maximum Gasteiger partial charge on any atom is 0.282 e. The SMILES string of the molecule is CC(=O)c1sc(N2CC(F)(F)C2)nc1C. The Hall–Kier alpha value is -1.04. The molecule has 0 saturated carbocycles. The molecule has 6 heteroatoms. The maximum atomic E-state index is 12.6. The molecule has 1 aliphatic rings. The Morgan fingerprint density at radius 1 is 1.53 bits per heavy atom. The number of nitrogens with zero attached hydrogens (tertiary/aromatic N) is 2. The second kappa shape index (κ2) is 3.23. The number of aryl methyl sites for hydroxylation is 1. The van der Waals surface area contributed by atoms with Crippen molar-refractivity contribution >= 4 is 22.3 Å². The first kappa shape index (κ1) is 10.5. The maximum absolute atomic E-state index is 12.6. The molecule has 1 aromatic heterocycles. The minimum absolute atomic E-state index is 0.0662. The van der Waals surface area contributed by atoms with Crippen LogP contribution >= 0.6 is 11.3 Å². The van der Waals surface area contributed by atoms with Crippen molar-refractivity contribution in [2.45, 2.75) is 19.8 Å². The van der Waals surface area contributed by atoms with E-state index in [9.17, 15) is 13.6 Å². The first-order valence-corrected chi connectivity index (χ1v) is 5.32. The van der Waals surface area contributed by atoms with Crippen molar-refractivity contribution in [1.82, 2.24) is 4.98 Å². The summed E-state index contributed by atoms with van der Waals surface area (Å²) in [7, 11) is 0. The predicted molar refractivity (Wildman–Crippen MR) is 54.0 cm³/mol. The van der Waals surface area contributed by atoms with Crippen LogP contribution in [0, 0.1) is 6.92 Å². The summed E-state index contributed by atoms with van der Waals surface area (Å²) in [5.41, 5.74) is 0.623. The van der Waals surface area contributed by atoms with E-state index in [-0.39, 0.29) is 18.9 Å². The summed E-state index contributed by atoms with van der Waals surface area (Å²) in [4.78, 5) is 17.3. The second-order valence-electron chi connectivity index (χ2n) is 3.68. The number of ketones is 1. The molecule has 0 radical (unpaired) electrons. The minimum Gasteiger partial charge on any atom is -0.336 e. The Bertz CT molecular complexity index is 408. The van der Waals surface area contributed by atoms with Crippen molar-refractivity contribution in [3.05, 3.63) is 10.6 Å². The summed E-state index contributed by atoms with van der Waals surface area (Å²) in [6.07, 6.45) is 0. The van der Waals surface area contributed by atoms with Crippen LogP contribution in [0.25, 0.3) is 0 Å². The summed E-state index contributed by atoms with van der Waals surface area (Å²) in [6.45, 7) is 2.58. The molecule has 2 rings (SSSR count). The Labute approximate surface area is 89.7 Å². The van der Waals surface area contributed by atoms with Gasteiger partial charge in [0.2, 0.25) is 0 Å². The van der Waals surface area contributed by atoms with Gasteiger partial charge in [-0.15, -0.1) is 0 Å². The van der Waals surface area contributed by atoms with E-state index in [4.69, 9.17) is 0 Å². The fourth-order valence-electron chi connectivity index (χ4n) is 1.49. The first-order valence-electron chi connectivity index (χ1n) is 4.50. The molecular formula is C9H10F2N2OS. The molecule has 1 saturated heterocycles. The van der Waals surface area contributed by atoms with Crippen molar-refractivity contribution in [1.29, 1.82) is 0 Å². The Morgan fingerprint density at radius 2 is 2.13 bits per heavy atom. The topological polar surface area (TPSA) is 33.2 Å². The molecule has 0 unspecified atom stereocenters. The molecule has 1 fully saturated rings. The molecular weight excluding hydrogens is 222 g/mol. The zero-order valence-corrected chi connectivity index (χ0v) is 9.20. The van der Waals surface area contributed by atoms with E-state index in [1.54, 1.807) is 6.92 Å². The summed E-state index contributed by atoms with van der Waals surface area (Å²) >= 11 is 1.18. The van der Waals surface area contributed by atoms with Gasteiger partial charge in [-0.05, 0) is 6.92 Å². The third kappa shape index (κ3) is 1.86. The lowest BCUT2D eigenvalue weighted by Crippen LogP contribution is -2.56. The van der Waals surface area contributed by atoms with Crippen LogP contribution in [-0.4, -0.2) is 29.8 Å². The van der Waals surface area contributed by atoms with Crippen molar-refractivity contribution in [2.75, 3.05) is 18.0 Å². The number of thiazole rings is 1. The van der Waals surface area contributed by atoms with Gasteiger partial charge in [0.25, 0.3) is 5.92 Å². The molecule has 15 heavy (non-hydrogen) atoms. The number of hydrogen-bond acceptors (Lipinski definition) is 4. The second-order valence-corrected chi connectivity index (χ2v) is 4.66. The average molecular weight is 232 g/mol. The summed E-state index contributed by atoms with van der Waals surface area (Å²) < 4.78 is 25.2. The molecule has 0 atom stereocenters. The number of carbonyl (C=O) groups is 1. The summed E-state index contributed by atoms with van der Waals surface area (Å²) in [6, 6.07) is 0. The highest BCUT2D eigenvalue weighted by atomic mass is 32.1. The number of Topliss-reactive ketones (excluding diaryl/α,β-unsaturated/α-hetero) is 1. The predicted octanol–water partition coefficient (Wildman–Crippen LogP) is 2.11. The largest absolute Gasteiger partial charge is 0.336 e. The normalized spacial score (nSPS) is 18.8. The van der Waals surface area contributed by atoms with Gasteiger partial charge in [0.15, 0.2) is 10.9 Å². The van der Waals surface area contributed by atoms with E-state index < -0.39 is 5.92 Å². The number of halogens is 2. The van der Waals surface area contributed by atoms with Crippen LogP contribution in [0.4, 0.5) is 13.9 Å². The molecule has 2 heterocycles. The number of anilines is 1. The average Bonchev–Trinajstić information content (AvgIpc) is 2.42. The van der Waals surface area contributed by atoms with E-state index in [0.717, 1.165) is 0 Å². The lowest BCUT2D eigenvalue weighted by molar-refractivity contribution is -0.0262. The molecule has 0 N–H and O–H groups in total. The zero-order chi connectivity index (χ0) is 11.2. The highest BCUT2D eigenvalue weighted by Crippen LogP contribution is 2.35. The lowest BCUT2D eigenvalue weighted by Gasteiger charge is -2.38. The van der Waals surface area contributed by atoms with E-state index in [1.807, 2.05) is 0 Å². The van der Waals surface area contributed by atoms with Crippen molar-refractivity contribution in [2.24, 2.45) is 0 Å². The van der Waals surface area contributed by atoms with Gasteiger partial charge in [0, 0.05) is 6.92 Å².